The molecule has 0 aliphatic heterocycles. The second-order valence-corrected chi connectivity index (χ2v) is 9.50. The van der Waals surface area contributed by atoms with E-state index < -0.39 is 0 Å². The molecule has 1 saturated carbocycles. The van der Waals surface area contributed by atoms with Gasteiger partial charge in [0.05, 0.1) is 0 Å². The summed E-state index contributed by atoms with van der Waals surface area (Å²) in [6.07, 6.45) is 2.77. The Kier molecular flexibility index (Phi) is 6.40. The molecule has 2 nitrogen and oxygen atoms in total. The fraction of sp³-hybridized carbons (Fsp3) is 0.440. The molecule has 0 N–H and O–H groups in total. The average Bonchev–Trinajstić information content (AvgIpc) is 2.67. The number of hydrogen-bond donors (Lipinski definition) is 0. The smallest absolute Gasteiger partial charge is 0.163 e. The summed E-state index contributed by atoms with van der Waals surface area (Å²) in [7, 11) is 0. The van der Waals surface area contributed by atoms with Crippen LogP contribution in [0.25, 0.3) is 0 Å². The maximum absolute atomic E-state index is 13.0. The molecule has 0 radical (unpaired) electrons. The van der Waals surface area contributed by atoms with Crippen molar-refractivity contribution in [2.75, 3.05) is 0 Å². The maximum Gasteiger partial charge on any atom is 0.163 e. The van der Waals surface area contributed by atoms with E-state index >= 15 is 0 Å². The summed E-state index contributed by atoms with van der Waals surface area (Å²) >= 11 is 5.96. The Morgan fingerprint density at radius 2 is 1.71 bits per heavy atom. The molecule has 1 aliphatic carbocycles. The number of halogens is 1. The van der Waals surface area contributed by atoms with Gasteiger partial charge in [0.1, 0.15) is 5.78 Å². The number of carbonyl (C=O) groups excluding carboxylic acids is 2. The van der Waals surface area contributed by atoms with E-state index in [4.69, 9.17) is 11.6 Å². The van der Waals surface area contributed by atoms with Crippen molar-refractivity contribution < 1.29 is 9.59 Å². The van der Waals surface area contributed by atoms with Crippen molar-refractivity contribution in [1.82, 2.24) is 0 Å². The van der Waals surface area contributed by atoms with Crippen LogP contribution < -0.4 is 0 Å². The number of Topliss-reactive ketones (excluding diaryl/α,β-unsaturated/α-hetero) is 2. The van der Waals surface area contributed by atoms with E-state index in [0.29, 0.717) is 35.1 Å². The van der Waals surface area contributed by atoms with Crippen molar-refractivity contribution >= 4 is 23.2 Å². The summed E-state index contributed by atoms with van der Waals surface area (Å²) < 4.78 is 0. The summed E-state index contributed by atoms with van der Waals surface area (Å²) in [4.78, 5) is 25.9. The van der Waals surface area contributed by atoms with E-state index in [1.807, 2.05) is 30.3 Å². The van der Waals surface area contributed by atoms with Crippen LogP contribution in [0.2, 0.25) is 5.02 Å². The quantitative estimate of drug-likeness (QED) is 0.525. The molecule has 1 aliphatic rings. The van der Waals surface area contributed by atoms with Crippen LogP contribution in [0.4, 0.5) is 0 Å². The van der Waals surface area contributed by atoms with E-state index in [2.05, 4.69) is 20.8 Å². The van der Waals surface area contributed by atoms with Gasteiger partial charge in [0.2, 0.25) is 0 Å². The van der Waals surface area contributed by atoms with E-state index in [0.717, 1.165) is 18.4 Å². The van der Waals surface area contributed by atoms with Crippen LogP contribution in [-0.4, -0.2) is 11.6 Å². The highest BCUT2D eigenvalue weighted by atomic mass is 35.5. The fourth-order valence-corrected chi connectivity index (χ4v) is 4.50. The number of rotatable bonds is 5. The standard InChI is InChI=1S/C25H29ClO2/c1-25(2,3)19-11-14-23(27)22(15-19)21(17-7-5-4-6-8-17)16-24(28)18-9-12-20(26)13-10-18/h4-10,12-13,19,21-22H,11,14-16H2,1-3H3. The fourth-order valence-electron chi connectivity index (χ4n) is 4.38. The first kappa shape index (κ1) is 20.8. The molecule has 1 fully saturated rings. The molecule has 0 aromatic heterocycles. The molecule has 148 valence electrons. The first-order chi connectivity index (χ1) is 13.3. The van der Waals surface area contributed by atoms with Crippen molar-refractivity contribution in [2.45, 2.75) is 52.4 Å². The zero-order valence-corrected chi connectivity index (χ0v) is 17.7. The van der Waals surface area contributed by atoms with Crippen LogP contribution in [0.5, 0.6) is 0 Å². The van der Waals surface area contributed by atoms with E-state index in [9.17, 15) is 9.59 Å². The zero-order valence-electron chi connectivity index (χ0n) is 17.0. The summed E-state index contributed by atoms with van der Waals surface area (Å²) in [6, 6.07) is 17.1. The van der Waals surface area contributed by atoms with Crippen LogP contribution in [-0.2, 0) is 4.79 Å². The SMILES string of the molecule is CC(C)(C)C1CCC(=O)C(C(CC(=O)c2ccc(Cl)cc2)c2ccccc2)C1. The monoisotopic (exact) mass is 396 g/mol. The molecule has 0 spiro atoms. The minimum Gasteiger partial charge on any atom is -0.299 e. The van der Waals surface area contributed by atoms with Crippen molar-refractivity contribution in [3.63, 3.8) is 0 Å². The lowest BCUT2D eigenvalue weighted by atomic mass is 9.64. The maximum atomic E-state index is 13.0. The Morgan fingerprint density at radius 3 is 2.32 bits per heavy atom. The third-order valence-electron chi connectivity index (χ3n) is 6.20. The minimum absolute atomic E-state index is 0.0659. The van der Waals surface area contributed by atoms with Crippen LogP contribution in [0.1, 0.15) is 68.3 Å². The number of hydrogen-bond acceptors (Lipinski definition) is 2. The molecule has 3 unspecified atom stereocenters. The summed E-state index contributed by atoms with van der Waals surface area (Å²) in [5.41, 5.74) is 1.90. The number of benzene rings is 2. The van der Waals surface area contributed by atoms with Gasteiger partial charge in [-0.1, -0.05) is 62.7 Å². The highest BCUT2D eigenvalue weighted by Crippen LogP contribution is 2.44. The molecule has 0 bridgehead atoms. The van der Waals surface area contributed by atoms with Gasteiger partial charge in [-0.05, 0) is 54.0 Å². The van der Waals surface area contributed by atoms with Crippen LogP contribution >= 0.6 is 11.6 Å². The van der Waals surface area contributed by atoms with E-state index in [1.165, 1.54) is 0 Å². The van der Waals surface area contributed by atoms with Gasteiger partial charge in [0, 0.05) is 35.3 Å². The second-order valence-electron chi connectivity index (χ2n) is 9.06. The molecule has 3 rings (SSSR count). The van der Waals surface area contributed by atoms with Gasteiger partial charge in [-0.15, -0.1) is 0 Å². The van der Waals surface area contributed by atoms with Crippen molar-refractivity contribution in [3.05, 3.63) is 70.7 Å². The Bertz CT molecular complexity index is 818. The topological polar surface area (TPSA) is 34.1 Å². The van der Waals surface area contributed by atoms with Gasteiger partial charge in [-0.25, -0.2) is 0 Å². The molecule has 28 heavy (non-hydrogen) atoms. The third-order valence-corrected chi connectivity index (χ3v) is 6.45. The van der Waals surface area contributed by atoms with Gasteiger partial charge in [0.15, 0.2) is 5.78 Å². The Labute approximate surface area is 173 Å². The summed E-state index contributed by atoms with van der Waals surface area (Å²) in [5.74, 6) is 0.681. The van der Waals surface area contributed by atoms with Gasteiger partial charge in [-0.3, -0.25) is 9.59 Å². The average molecular weight is 397 g/mol. The lowest BCUT2D eigenvalue weighted by Gasteiger charge is -2.39. The van der Waals surface area contributed by atoms with E-state index in [1.54, 1.807) is 24.3 Å². The highest BCUT2D eigenvalue weighted by molar-refractivity contribution is 6.30. The largest absolute Gasteiger partial charge is 0.299 e. The van der Waals surface area contributed by atoms with Crippen LogP contribution in [0.3, 0.4) is 0 Å². The van der Waals surface area contributed by atoms with Crippen LogP contribution in [0.15, 0.2) is 54.6 Å². The van der Waals surface area contributed by atoms with Crippen molar-refractivity contribution in [3.8, 4) is 0 Å². The molecule has 2 aromatic carbocycles. The molecule has 0 saturated heterocycles. The molecule has 3 heteroatoms. The molecule has 0 heterocycles. The van der Waals surface area contributed by atoms with E-state index in [-0.39, 0.29) is 23.0 Å². The predicted molar refractivity (Wildman–Crippen MR) is 115 cm³/mol. The number of ketones is 2. The molecule has 3 atom stereocenters. The molecule has 0 amide bonds. The minimum atomic E-state index is -0.100. The first-order valence-corrected chi connectivity index (χ1v) is 10.5. The van der Waals surface area contributed by atoms with Gasteiger partial charge in [0.25, 0.3) is 0 Å². The van der Waals surface area contributed by atoms with Crippen LogP contribution in [0, 0.1) is 17.3 Å². The number of carbonyl (C=O) groups is 2. The lowest BCUT2D eigenvalue weighted by Crippen LogP contribution is -2.35. The Morgan fingerprint density at radius 1 is 1.07 bits per heavy atom. The highest BCUT2D eigenvalue weighted by Gasteiger charge is 2.39. The predicted octanol–water partition coefficient (Wildman–Crippen LogP) is 6.73. The zero-order chi connectivity index (χ0) is 20.3. The normalized spacial score (nSPS) is 21.4. The second kappa shape index (κ2) is 8.61. The van der Waals surface area contributed by atoms with Gasteiger partial charge >= 0.3 is 0 Å². The third kappa shape index (κ3) is 4.91. The van der Waals surface area contributed by atoms with Crippen molar-refractivity contribution in [1.29, 1.82) is 0 Å². The lowest BCUT2D eigenvalue weighted by molar-refractivity contribution is -0.127. The van der Waals surface area contributed by atoms with Gasteiger partial charge < -0.3 is 0 Å². The Balaban J connectivity index is 1.89. The van der Waals surface area contributed by atoms with Crippen molar-refractivity contribution in [2.24, 2.45) is 17.3 Å². The first-order valence-electron chi connectivity index (χ1n) is 10.1. The summed E-state index contributed by atoms with van der Waals surface area (Å²) in [5, 5.41) is 0.617. The molecule has 2 aromatic rings. The molecular formula is C25H29ClO2. The Hall–Kier alpha value is -1.93. The van der Waals surface area contributed by atoms with Gasteiger partial charge in [-0.2, -0.15) is 0 Å². The molecular weight excluding hydrogens is 368 g/mol. The summed E-state index contributed by atoms with van der Waals surface area (Å²) in [6.45, 7) is 6.75.